The third-order valence-corrected chi connectivity index (χ3v) is 6.82. The van der Waals surface area contributed by atoms with E-state index in [-0.39, 0.29) is 17.3 Å². The van der Waals surface area contributed by atoms with Crippen LogP contribution in [0.15, 0.2) is 21.9 Å². The predicted octanol–water partition coefficient (Wildman–Crippen LogP) is 0.313. The van der Waals surface area contributed by atoms with Crippen LogP contribution in [0.2, 0.25) is 5.02 Å². The lowest BCUT2D eigenvalue weighted by Gasteiger charge is -2.13. The molecule has 0 saturated heterocycles. The lowest BCUT2D eigenvalue weighted by molar-refractivity contribution is 0.102. The highest BCUT2D eigenvalue weighted by Crippen LogP contribution is 2.33. The molecule has 0 spiro atoms. The van der Waals surface area contributed by atoms with Crippen molar-refractivity contribution in [1.82, 2.24) is 20.2 Å². The van der Waals surface area contributed by atoms with E-state index in [9.17, 15) is 21.6 Å². The quantitative estimate of drug-likeness (QED) is 0.746. The molecule has 0 aliphatic rings. The van der Waals surface area contributed by atoms with Gasteiger partial charge in [-0.2, -0.15) is 0 Å². The molecule has 1 N–H and O–H groups in total. The van der Waals surface area contributed by atoms with Gasteiger partial charge in [-0.3, -0.25) is 10.1 Å². The summed E-state index contributed by atoms with van der Waals surface area (Å²) in [7, 11) is -6.40. The third-order valence-electron chi connectivity index (χ3n) is 3.24. The Morgan fingerprint density at radius 3 is 2.40 bits per heavy atom. The summed E-state index contributed by atoms with van der Waals surface area (Å²) >= 11 is 6.10. The summed E-state index contributed by atoms with van der Waals surface area (Å²) < 4.78 is 49.6. The molecule has 1 heterocycles. The minimum absolute atomic E-state index is 0.00755. The fraction of sp³-hybridized carbons (Fsp3) is 0.333. The first-order valence-corrected chi connectivity index (χ1v) is 10.7. The number of tetrazole rings is 1. The smallest absolute Gasteiger partial charge is 0.259 e. The van der Waals surface area contributed by atoms with Gasteiger partial charge in [0.05, 0.1) is 21.2 Å². The number of hydrogen-bond donors (Lipinski definition) is 1. The van der Waals surface area contributed by atoms with Crippen LogP contribution in [-0.2, 0) is 26.7 Å². The zero-order valence-corrected chi connectivity index (χ0v) is 15.8. The normalized spacial score (nSPS) is 12.2. The van der Waals surface area contributed by atoms with Crippen LogP contribution in [0.25, 0.3) is 0 Å². The maximum absolute atomic E-state index is 12.4. The van der Waals surface area contributed by atoms with E-state index in [1.165, 1.54) is 18.7 Å². The number of sulfone groups is 2. The van der Waals surface area contributed by atoms with Crippen molar-refractivity contribution in [1.29, 1.82) is 0 Å². The first-order valence-electron chi connectivity index (χ1n) is 6.78. The van der Waals surface area contributed by atoms with Crippen LogP contribution in [0.4, 0.5) is 5.95 Å². The lowest BCUT2D eigenvalue weighted by Crippen LogP contribution is -2.19. The van der Waals surface area contributed by atoms with E-state index in [1.807, 2.05) is 0 Å². The average Bonchev–Trinajstić information content (AvgIpc) is 2.90. The van der Waals surface area contributed by atoms with Crippen molar-refractivity contribution in [2.75, 3.05) is 17.3 Å². The Kier molecular flexibility index (Phi) is 5.16. The van der Waals surface area contributed by atoms with E-state index < -0.39 is 40.4 Å². The average molecular weight is 408 g/mol. The van der Waals surface area contributed by atoms with E-state index in [2.05, 4.69) is 20.8 Å². The Hall–Kier alpha value is -2.05. The maximum atomic E-state index is 12.4. The number of nitrogens with one attached hydrogen (secondary N) is 1. The SMILES string of the molecule is CCS(=O)(=O)c1c(S(C)(=O)=O)ccc(C(=O)Nc2nnnn2C)c1Cl. The molecule has 0 atom stereocenters. The van der Waals surface area contributed by atoms with Crippen LogP contribution >= 0.6 is 11.6 Å². The molecule has 13 heteroatoms. The molecule has 0 aliphatic carbocycles. The predicted molar refractivity (Wildman–Crippen MR) is 89.0 cm³/mol. The number of benzene rings is 1. The van der Waals surface area contributed by atoms with Gasteiger partial charge in [-0.05, 0) is 22.6 Å². The third kappa shape index (κ3) is 3.80. The summed E-state index contributed by atoms with van der Waals surface area (Å²) in [6, 6.07) is 2.17. The molecule has 0 fully saturated rings. The topological polar surface area (TPSA) is 141 Å². The number of amides is 1. The fourth-order valence-corrected chi connectivity index (χ4v) is 5.24. The van der Waals surface area contributed by atoms with Crippen molar-refractivity contribution < 1.29 is 21.6 Å². The molecule has 0 aliphatic heterocycles. The highest BCUT2D eigenvalue weighted by molar-refractivity contribution is 7.94. The Bertz CT molecular complexity index is 1050. The van der Waals surface area contributed by atoms with Gasteiger partial charge < -0.3 is 0 Å². The molecule has 0 bridgehead atoms. The van der Waals surface area contributed by atoms with E-state index in [0.717, 1.165) is 18.4 Å². The molecule has 0 radical (unpaired) electrons. The second kappa shape index (κ2) is 6.69. The standard InChI is InChI=1S/C12H14ClN5O5S2/c1-4-25(22,23)10-8(24(3,20)21)6-5-7(9(10)13)11(19)14-12-15-16-17-18(12)2/h5-6H,4H2,1-3H3,(H,14,15,17,19). The molecule has 1 aromatic carbocycles. The Balaban J connectivity index is 2.64. The van der Waals surface area contributed by atoms with Crippen LogP contribution in [0.5, 0.6) is 0 Å². The second-order valence-corrected chi connectivity index (χ2v) is 9.59. The van der Waals surface area contributed by atoms with Crippen LogP contribution in [0.1, 0.15) is 17.3 Å². The van der Waals surface area contributed by atoms with Crippen molar-refractivity contribution in [3.63, 3.8) is 0 Å². The van der Waals surface area contributed by atoms with Crippen LogP contribution < -0.4 is 5.32 Å². The number of hydrogen-bond acceptors (Lipinski definition) is 8. The highest BCUT2D eigenvalue weighted by atomic mass is 35.5. The van der Waals surface area contributed by atoms with Gasteiger partial charge in [0.15, 0.2) is 19.7 Å². The van der Waals surface area contributed by atoms with Crippen molar-refractivity contribution in [2.45, 2.75) is 16.7 Å². The molecular weight excluding hydrogens is 394 g/mol. The molecule has 0 unspecified atom stereocenters. The Morgan fingerprint density at radius 1 is 1.28 bits per heavy atom. The molecule has 2 rings (SSSR count). The Morgan fingerprint density at radius 2 is 1.92 bits per heavy atom. The molecule has 1 aromatic heterocycles. The summed E-state index contributed by atoms with van der Waals surface area (Å²) in [5, 5.41) is 12.3. The Labute approximate surface area is 149 Å². The van der Waals surface area contributed by atoms with Gasteiger partial charge in [0.2, 0.25) is 5.95 Å². The second-order valence-electron chi connectivity index (χ2n) is 5.01. The largest absolute Gasteiger partial charge is 0.289 e. The van der Waals surface area contributed by atoms with Gasteiger partial charge in [-0.25, -0.2) is 21.5 Å². The number of aryl methyl sites for hydroxylation is 1. The first kappa shape index (κ1) is 19.3. The van der Waals surface area contributed by atoms with Gasteiger partial charge in [0, 0.05) is 13.3 Å². The number of carbonyl (C=O) groups is 1. The first-order chi connectivity index (χ1) is 11.5. The minimum Gasteiger partial charge on any atom is -0.289 e. The molecular formula is C12H14ClN5O5S2. The van der Waals surface area contributed by atoms with Gasteiger partial charge in [0.1, 0.15) is 4.90 Å². The molecule has 25 heavy (non-hydrogen) atoms. The monoisotopic (exact) mass is 407 g/mol. The zero-order chi connectivity index (χ0) is 19.0. The summed E-state index contributed by atoms with van der Waals surface area (Å²) in [6.45, 7) is 1.34. The van der Waals surface area contributed by atoms with Crippen LogP contribution in [0, 0.1) is 0 Å². The van der Waals surface area contributed by atoms with E-state index >= 15 is 0 Å². The number of carbonyl (C=O) groups excluding carboxylic acids is 1. The molecule has 0 saturated carbocycles. The van der Waals surface area contributed by atoms with Crippen LogP contribution in [-0.4, -0.2) is 55.0 Å². The maximum Gasteiger partial charge on any atom is 0.259 e. The number of halogens is 1. The zero-order valence-electron chi connectivity index (χ0n) is 13.4. The van der Waals surface area contributed by atoms with Gasteiger partial charge in [-0.1, -0.05) is 23.6 Å². The number of aromatic nitrogens is 4. The number of anilines is 1. The van der Waals surface area contributed by atoms with Gasteiger partial charge in [0.25, 0.3) is 5.91 Å². The van der Waals surface area contributed by atoms with Crippen molar-refractivity contribution in [2.24, 2.45) is 7.05 Å². The van der Waals surface area contributed by atoms with Crippen LogP contribution in [0.3, 0.4) is 0 Å². The van der Waals surface area contributed by atoms with E-state index in [4.69, 9.17) is 11.6 Å². The molecule has 136 valence electrons. The van der Waals surface area contributed by atoms with Crippen molar-refractivity contribution in [3.05, 3.63) is 22.7 Å². The van der Waals surface area contributed by atoms with Gasteiger partial charge in [-0.15, -0.1) is 0 Å². The fourth-order valence-electron chi connectivity index (χ4n) is 1.94. The van der Waals surface area contributed by atoms with E-state index in [1.54, 1.807) is 0 Å². The van der Waals surface area contributed by atoms with Crippen molar-refractivity contribution >= 4 is 43.1 Å². The number of nitrogens with zero attached hydrogens (tertiary/aromatic N) is 4. The summed E-state index contributed by atoms with van der Waals surface area (Å²) in [6.07, 6.45) is 0.859. The van der Waals surface area contributed by atoms with E-state index in [0.29, 0.717) is 0 Å². The molecule has 1 amide bonds. The summed E-state index contributed by atoms with van der Waals surface area (Å²) in [5.41, 5.74) is -0.218. The molecule has 10 nitrogen and oxygen atoms in total. The lowest BCUT2D eigenvalue weighted by atomic mass is 10.2. The summed E-state index contributed by atoms with van der Waals surface area (Å²) in [4.78, 5) is 11.3. The summed E-state index contributed by atoms with van der Waals surface area (Å²) in [5.74, 6) is -1.16. The highest BCUT2D eigenvalue weighted by Gasteiger charge is 2.29. The van der Waals surface area contributed by atoms with Crippen molar-refractivity contribution in [3.8, 4) is 0 Å². The number of rotatable bonds is 5. The molecule has 2 aromatic rings. The van der Waals surface area contributed by atoms with Gasteiger partial charge >= 0.3 is 0 Å². The minimum atomic E-state index is -4.01.